The van der Waals surface area contributed by atoms with Crippen molar-refractivity contribution < 1.29 is 27.5 Å². The average Bonchev–Trinajstić information content (AvgIpc) is 3.48. The first-order chi connectivity index (χ1) is 16.9. The minimum Gasteiger partial charge on any atom is -0.446 e. The SMILES string of the molecule is O=C(NC1CCN(C2CCC(c3ccc(F)cc3)CC2)C1)N1C(=O)OCC1c1ccc(F)c(F)c1. The molecule has 2 heterocycles. The molecule has 3 amide bonds. The minimum atomic E-state index is -1.04. The van der Waals surface area contributed by atoms with Crippen molar-refractivity contribution in [3.63, 3.8) is 0 Å². The van der Waals surface area contributed by atoms with Gasteiger partial charge in [-0.25, -0.2) is 27.7 Å². The van der Waals surface area contributed by atoms with Crippen LogP contribution in [0.25, 0.3) is 0 Å². The molecule has 35 heavy (non-hydrogen) atoms. The predicted octanol–water partition coefficient (Wildman–Crippen LogP) is 5.11. The van der Waals surface area contributed by atoms with E-state index in [1.807, 2.05) is 12.1 Å². The summed E-state index contributed by atoms with van der Waals surface area (Å²) in [4.78, 5) is 28.5. The van der Waals surface area contributed by atoms with Gasteiger partial charge in [0.1, 0.15) is 18.5 Å². The van der Waals surface area contributed by atoms with Gasteiger partial charge in [-0.05, 0) is 73.4 Å². The Morgan fingerprint density at radius 1 is 0.914 bits per heavy atom. The number of carbonyl (C=O) groups excluding carboxylic acids is 2. The van der Waals surface area contributed by atoms with Crippen LogP contribution in [0.15, 0.2) is 42.5 Å². The number of nitrogens with zero attached hydrogens (tertiary/aromatic N) is 2. The summed E-state index contributed by atoms with van der Waals surface area (Å²) in [6.45, 7) is 1.44. The molecule has 9 heteroatoms. The molecule has 3 aliphatic rings. The molecule has 2 unspecified atom stereocenters. The predicted molar refractivity (Wildman–Crippen MR) is 122 cm³/mol. The Morgan fingerprint density at radius 2 is 1.63 bits per heavy atom. The summed E-state index contributed by atoms with van der Waals surface area (Å²) < 4.78 is 45.3. The summed E-state index contributed by atoms with van der Waals surface area (Å²) in [6, 6.07) is 9.01. The van der Waals surface area contributed by atoms with Gasteiger partial charge in [-0.15, -0.1) is 0 Å². The lowest BCUT2D eigenvalue weighted by atomic mass is 9.81. The van der Waals surface area contributed by atoms with Gasteiger partial charge in [0.15, 0.2) is 11.6 Å². The largest absolute Gasteiger partial charge is 0.446 e. The Bertz CT molecular complexity index is 1090. The van der Waals surface area contributed by atoms with Crippen molar-refractivity contribution >= 4 is 12.1 Å². The van der Waals surface area contributed by atoms with Gasteiger partial charge < -0.3 is 10.1 Å². The van der Waals surface area contributed by atoms with Gasteiger partial charge in [-0.2, -0.15) is 0 Å². The molecule has 3 fully saturated rings. The number of amides is 3. The third kappa shape index (κ3) is 5.00. The van der Waals surface area contributed by atoms with Crippen LogP contribution in [0, 0.1) is 17.5 Å². The van der Waals surface area contributed by atoms with E-state index in [1.165, 1.54) is 23.8 Å². The second-order valence-corrected chi connectivity index (χ2v) is 9.62. The molecular formula is C26H28F3N3O3. The van der Waals surface area contributed by atoms with Gasteiger partial charge in [0.05, 0.1) is 0 Å². The van der Waals surface area contributed by atoms with Crippen LogP contribution in [0.1, 0.15) is 55.2 Å². The molecule has 186 valence electrons. The first-order valence-corrected chi connectivity index (χ1v) is 12.1. The summed E-state index contributed by atoms with van der Waals surface area (Å²) >= 11 is 0. The fourth-order valence-corrected chi connectivity index (χ4v) is 5.60. The van der Waals surface area contributed by atoms with Gasteiger partial charge in [0, 0.05) is 25.2 Å². The highest BCUT2D eigenvalue weighted by molar-refractivity contribution is 5.92. The molecule has 0 bridgehead atoms. The van der Waals surface area contributed by atoms with Crippen molar-refractivity contribution in [1.82, 2.24) is 15.1 Å². The Kier molecular flexibility index (Phi) is 6.69. The molecule has 2 aromatic rings. The highest BCUT2D eigenvalue weighted by atomic mass is 19.2. The lowest BCUT2D eigenvalue weighted by Crippen LogP contribution is -2.47. The molecule has 2 aliphatic heterocycles. The third-order valence-corrected chi connectivity index (χ3v) is 7.52. The van der Waals surface area contributed by atoms with E-state index < -0.39 is 29.8 Å². The number of cyclic esters (lactones) is 1. The van der Waals surface area contributed by atoms with Crippen LogP contribution >= 0.6 is 0 Å². The topological polar surface area (TPSA) is 61.9 Å². The van der Waals surface area contributed by atoms with Gasteiger partial charge in [0.2, 0.25) is 0 Å². The van der Waals surface area contributed by atoms with Crippen LogP contribution in [0.4, 0.5) is 22.8 Å². The van der Waals surface area contributed by atoms with Crippen molar-refractivity contribution in [2.45, 2.75) is 56.1 Å². The average molecular weight is 488 g/mol. The molecule has 0 aromatic heterocycles. The molecule has 6 nitrogen and oxygen atoms in total. The summed E-state index contributed by atoms with van der Waals surface area (Å²) in [7, 11) is 0. The second kappa shape index (κ2) is 9.89. The Labute approximate surface area is 202 Å². The van der Waals surface area contributed by atoms with Crippen molar-refractivity contribution in [1.29, 1.82) is 0 Å². The lowest BCUT2D eigenvalue weighted by molar-refractivity contribution is 0.155. The normalized spacial score (nSPS) is 27.2. The zero-order valence-corrected chi connectivity index (χ0v) is 19.3. The summed E-state index contributed by atoms with van der Waals surface area (Å²) in [5.74, 6) is -1.80. The van der Waals surface area contributed by atoms with Crippen molar-refractivity contribution in [3.8, 4) is 0 Å². The fourth-order valence-electron chi connectivity index (χ4n) is 5.60. The smallest absolute Gasteiger partial charge is 0.418 e. The maximum absolute atomic E-state index is 13.7. The van der Waals surface area contributed by atoms with Gasteiger partial charge in [-0.1, -0.05) is 18.2 Å². The number of likely N-dealkylation sites (tertiary alicyclic amines) is 1. The molecule has 0 spiro atoms. The number of imide groups is 1. The first kappa shape index (κ1) is 23.7. The minimum absolute atomic E-state index is 0.106. The van der Waals surface area contributed by atoms with Crippen LogP contribution < -0.4 is 5.32 Å². The maximum atomic E-state index is 13.7. The second-order valence-electron chi connectivity index (χ2n) is 9.62. The molecule has 2 saturated heterocycles. The number of nitrogens with one attached hydrogen (secondary N) is 1. The number of rotatable bonds is 4. The van der Waals surface area contributed by atoms with Gasteiger partial charge in [-0.3, -0.25) is 4.90 Å². The Balaban J connectivity index is 1.15. The number of carbonyl (C=O) groups is 2. The zero-order valence-electron chi connectivity index (χ0n) is 19.3. The number of hydrogen-bond donors (Lipinski definition) is 1. The van der Waals surface area contributed by atoms with E-state index >= 15 is 0 Å². The number of ether oxygens (including phenoxy) is 1. The number of benzene rings is 2. The molecular weight excluding hydrogens is 459 g/mol. The van der Waals surface area contributed by atoms with E-state index in [-0.39, 0.29) is 18.5 Å². The molecule has 1 N–H and O–H groups in total. The third-order valence-electron chi connectivity index (χ3n) is 7.52. The van der Waals surface area contributed by atoms with Crippen LogP contribution in [0.5, 0.6) is 0 Å². The van der Waals surface area contributed by atoms with Crippen molar-refractivity contribution in [2.24, 2.45) is 0 Å². The summed E-state index contributed by atoms with van der Waals surface area (Å²) in [5, 5.41) is 2.93. The summed E-state index contributed by atoms with van der Waals surface area (Å²) in [5.41, 5.74) is 1.49. The van der Waals surface area contributed by atoms with E-state index in [0.717, 1.165) is 55.7 Å². The molecule has 2 atom stereocenters. The number of halogens is 3. The number of hydrogen-bond acceptors (Lipinski definition) is 4. The lowest BCUT2D eigenvalue weighted by Gasteiger charge is -2.35. The molecule has 1 aliphatic carbocycles. The highest BCUT2D eigenvalue weighted by Crippen LogP contribution is 2.36. The Morgan fingerprint density at radius 3 is 2.34 bits per heavy atom. The molecule has 2 aromatic carbocycles. The van der Waals surface area contributed by atoms with E-state index in [2.05, 4.69) is 10.2 Å². The molecule has 5 rings (SSSR count). The maximum Gasteiger partial charge on any atom is 0.418 e. The van der Waals surface area contributed by atoms with Gasteiger partial charge in [0.25, 0.3) is 0 Å². The van der Waals surface area contributed by atoms with Crippen LogP contribution in [0.3, 0.4) is 0 Å². The first-order valence-electron chi connectivity index (χ1n) is 12.1. The van der Waals surface area contributed by atoms with E-state index in [4.69, 9.17) is 4.74 Å². The van der Waals surface area contributed by atoms with Gasteiger partial charge >= 0.3 is 12.1 Å². The van der Waals surface area contributed by atoms with Crippen LogP contribution in [0.2, 0.25) is 0 Å². The van der Waals surface area contributed by atoms with E-state index in [1.54, 1.807) is 0 Å². The molecule has 0 radical (unpaired) electrons. The monoisotopic (exact) mass is 487 g/mol. The number of urea groups is 1. The molecule has 1 saturated carbocycles. The highest BCUT2D eigenvalue weighted by Gasteiger charge is 2.41. The standard InChI is InChI=1S/C26H28F3N3O3/c27-19-6-1-16(2-7-19)17-3-8-21(9-4-17)31-12-11-20(14-31)30-25(33)32-24(15-35-26(32)34)18-5-10-22(28)23(29)13-18/h1-2,5-7,10,13,17,20-21,24H,3-4,8-9,11-12,14-15H2,(H,30,33). The zero-order chi connectivity index (χ0) is 24.5. The van der Waals surface area contributed by atoms with Crippen molar-refractivity contribution in [2.75, 3.05) is 19.7 Å². The van der Waals surface area contributed by atoms with E-state index in [9.17, 15) is 22.8 Å². The quantitative estimate of drug-likeness (QED) is 0.651. The van der Waals surface area contributed by atoms with Crippen LogP contribution in [-0.2, 0) is 4.74 Å². The summed E-state index contributed by atoms with van der Waals surface area (Å²) in [6.07, 6.45) is 4.13. The van der Waals surface area contributed by atoms with Crippen LogP contribution in [-0.4, -0.2) is 53.7 Å². The van der Waals surface area contributed by atoms with E-state index in [0.29, 0.717) is 24.1 Å². The Hall–Kier alpha value is -3.07. The van der Waals surface area contributed by atoms with Crippen molar-refractivity contribution in [3.05, 3.63) is 71.0 Å². The fraction of sp³-hybridized carbons (Fsp3) is 0.462.